The van der Waals surface area contributed by atoms with Gasteiger partial charge in [-0.25, -0.2) is 0 Å². The van der Waals surface area contributed by atoms with Crippen LogP contribution in [0.25, 0.3) is 0 Å². The Morgan fingerprint density at radius 1 is 1.29 bits per heavy atom. The summed E-state index contributed by atoms with van der Waals surface area (Å²) in [5, 5.41) is 0. The Kier molecular flexibility index (Phi) is 6.18. The average Bonchev–Trinajstić information content (AvgIpc) is 2.19. The zero-order valence-corrected chi connectivity index (χ0v) is 9.84. The van der Waals surface area contributed by atoms with Crippen LogP contribution >= 0.6 is 0 Å². The third-order valence-electron chi connectivity index (χ3n) is 2.63. The van der Waals surface area contributed by atoms with Crippen LogP contribution in [0.5, 0.6) is 0 Å². The summed E-state index contributed by atoms with van der Waals surface area (Å²) in [4.78, 5) is 11.1. The maximum atomic E-state index is 11.1. The van der Waals surface area contributed by atoms with E-state index in [0.29, 0.717) is 0 Å². The summed E-state index contributed by atoms with van der Waals surface area (Å²) in [5.74, 6) is 0. The predicted molar refractivity (Wildman–Crippen MR) is 62.3 cm³/mol. The molecule has 0 aliphatic heterocycles. The lowest BCUT2D eigenvalue weighted by atomic mass is 9.79. The first-order valence-corrected chi connectivity index (χ1v) is 5.31. The molecule has 0 aromatic heterocycles. The van der Waals surface area contributed by atoms with Gasteiger partial charge in [-0.2, -0.15) is 0 Å². The van der Waals surface area contributed by atoms with Crippen LogP contribution in [0.2, 0.25) is 0 Å². The molecule has 0 radical (unpaired) electrons. The van der Waals surface area contributed by atoms with Crippen LogP contribution in [0.4, 0.5) is 0 Å². The van der Waals surface area contributed by atoms with Crippen LogP contribution in [0, 0.1) is 5.41 Å². The van der Waals surface area contributed by atoms with E-state index in [1.165, 1.54) is 5.57 Å². The van der Waals surface area contributed by atoms with Crippen molar-refractivity contribution in [3.63, 3.8) is 0 Å². The lowest BCUT2D eigenvalue weighted by molar-refractivity contribution is -0.116. The molecule has 1 heteroatoms. The fraction of sp³-hybridized carbons (Fsp3) is 0.615. The SMILES string of the molecule is CC=CCC(C=O)(CC)CC=C(C)C. The molecule has 0 fully saturated rings. The summed E-state index contributed by atoms with van der Waals surface area (Å²) in [6.45, 7) is 8.21. The second-order valence-corrected chi connectivity index (χ2v) is 4.09. The fourth-order valence-corrected chi connectivity index (χ4v) is 1.31. The first-order valence-electron chi connectivity index (χ1n) is 5.31. The van der Waals surface area contributed by atoms with Gasteiger partial charge in [0.05, 0.1) is 0 Å². The summed E-state index contributed by atoms with van der Waals surface area (Å²) in [6, 6.07) is 0. The van der Waals surface area contributed by atoms with Crippen LogP contribution in [-0.4, -0.2) is 6.29 Å². The standard InChI is InChI=1S/C13H22O/c1-5-7-9-13(6-2,11-14)10-8-12(3)4/h5,7-8,11H,6,9-10H2,1-4H3. The number of hydrogen-bond donors (Lipinski definition) is 0. The van der Waals surface area contributed by atoms with E-state index in [2.05, 4.69) is 32.9 Å². The van der Waals surface area contributed by atoms with Crippen molar-refractivity contribution in [1.82, 2.24) is 0 Å². The van der Waals surface area contributed by atoms with Gasteiger partial charge in [0.1, 0.15) is 6.29 Å². The zero-order valence-electron chi connectivity index (χ0n) is 9.84. The van der Waals surface area contributed by atoms with Gasteiger partial charge in [0, 0.05) is 5.41 Å². The third-order valence-corrected chi connectivity index (χ3v) is 2.63. The van der Waals surface area contributed by atoms with Crippen LogP contribution in [0.15, 0.2) is 23.8 Å². The molecule has 0 aliphatic rings. The molecular formula is C13H22O. The average molecular weight is 194 g/mol. The van der Waals surface area contributed by atoms with E-state index < -0.39 is 0 Å². The van der Waals surface area contributed by atoms with Crippen molar-refractivity contribution in [2.45, 2.75) is 47.0 Å². The van der Waals surface area contributed by atoms with Crippen LogP contribution in [0.1, 0.15) is 47.0 Å². The minimum absolute atomic E-state index is 0.177. The van der Waals surface area contributed by atoms with Crippen molar-refractivity contribution >= 4 is 6.29 Å². The van der Waals surface area contributed by atoms with Gasteiger partial charge in [-0.1, -0.05) is 30.7 Å². The van der Waals surface area contributed by atoms with Crippen molar-refractivity contribution < 1.29 is 4.79 Å². The van der Waals surface area contributed by atoms with Gasteiger partial charge < -0.3 is 4.79 Å². The molecule has 1 atom stereocenters. The maximum absolute atomic E-state index is 11.1. The van der Waals surface area contributed by atoms with Crippen molar-refractivity contribution in [1.29, 1.82) is 0 Å². The van der Waals surface area contributed by atoms with E-state index >= 15 is 0 Å². The van der Waals surface area contributed by atoms with Gasteiger partial charge in [-0.15, -0.1) is 0 Å². The summed E-state index contributed by atoms with van der Waals surface area (Å²) < 4.78 is 0. The summed E-state index contributed by atoms with van der Waals surface area (Å²) in [5.41, 5.74) is 1.11. The Balaban J connectivity index is 4.52. The Bertz CT molecular complexity index is 221. The lowest BCUT2D eigenvalue weighted by Gasteiger charge is -2.23. The van der Waals surface area contributed by atoms with Crippen LogP contribution in [0.3, 0.4) is 0 Å². The smallest absolute Gasteiger partial charge is 0.126 e. The highest BCUT2D eigenvalue weighted by molar-refractivity contribution is 5.60. The molecule has 0 saturated carbocycles. The molecule has 0 heterocycles. The molecule has 1 nitrogen and oxygen atoms in total. The molecule has 14 heavy (non-hydrogen) atoms. The van der Waals surface area contributed by atoms with Gasteiger partial charge in [0.25, 0.3) is 0 Å². The molecule has 0 aliphatic carbocycles. The molecule has 80 valence electrons. The molecule has 0 saturated heterocycles. The van der Waals surface area contributed by atoms with Crippen LogP contribution < -0.4 is 0 Å². The summed E-state index contributed by atoms with van der Waals surface area (Å²) >= 11 is 0. The van der Waals surface area contributed by atoms with E-state index in [0.717, 1.165) is 25.5 Å². The number of hydrogen-bond acceptors (Lipinski definition) is 1. The fourth-order valence-electron chi connectivity index (χ4n) is 1.31. The molecule has 0 rings (SSSR count). The topological polar surface area (TPSA) is 17.1 Å². The van der Waals surface area contributed by atoms with Gasteiger partial charge >= 0.3 is 0 Å². The molecule has 0 aromatic rings. The molecule has 0 aromatic carbocycles. The number of allylic oxidation sites excluding steroid dienone is 4. The van der Waals surface area contributed by atoms with Gasteiger partial charge in [-0.3, -0.25) is 0 Å². The minimum atomic E-state index is -0.177. The Hall–Kier alpha value is -0.850. The van der Waals surface area contributed by atoms with E-state index in [1.807, 2.05) is 13.0 Å². The molecule has 0 bridgehead atoms. The second-order valence-electron chi connectivity index (χ2n) is 4.09. The van der Waals surface area contributed by atoms with Crippen molar-refractivity contribution in [3.05, 3.63) is 23.8 Å². The number of aldehydes is 1. The minimum Gasteiger partial charge on any atom is -0.303 e. The predicted octanol–water partition coefficient (Wildman–Crippen LogP) is 3.90. The van der Waals surface area contributed by atoms with Gasteiger partial charge in [0.2, 0.25) is 0 Å². The third kappa shape index (κ3) is 4.40. The van der Waals surface area contributed by atoms with E-state index in [-0.39, 0.29) is 5.41 Å². The largest absolute Gasteiger partial charge is 0.303 e. The Morgan fingerprint density at radius 3 is 2.29 bits per heavy atom. The first kappa shape index (κ1) is 13.2. The number of carbonyl (C=O) groups excluding carboxylic acids is 1. The quantitative estimate of drug-likeness (QED) is 0.463. The normalized spacial score (nSPS) is 15.1. The maximum Gasteiger partial charge on any atom is 0.126 e. The van der Waals surface area contributed by atoms with Crippen molar-refractivity contribution in [2.24, 2.45) is 5.41 Å². The molecule has 0 spiro atoms. The van der Waals surface area contributed by atoms with Gasteiger partial charge in [0.15, 0.2) is 0 Å². The lowest BCUT2D eigenvalue weighted by Crippen LogP contribution is -2.20. The number of rotatable bonds is 6. The Morgan fingerprint density at radius 2 is 1.93 bits per heavy atom. The second kappa shape index (κ2) is 6.58. The summed E-state index contributed by atoms with van der Waals surface area (Å²) in [7, 11) is 0. The number of carbonyl (C=O) groups is 1. The highest BCUT2D eigenvalue weighted by atomic mass is 16.1. The van der Waals surface area contributed by atoms with Crippen LogP contribution in [-0.2, 0) is 4.79 Å². The van der Waals surface area contributed by atoms with Crippen molar-refractivity contribution in [3.8, 4) is 0 Å². The molecule has 1 unspecified atom stereocenters. The zero-order chi connectivity index (χ0) is 11.0. The summed E-state index contributed by atoms with van der Waals surface area (Å²) in [6.07, 6.45) is 9.98. The van der Waals surface area contributed by atoms with Crippen molar-refractivity contribution in [2.75, 3.05) is 0 Å². The monoisotopic (exact) mass is 194 g/mol. The first-order chi connectivity index (χ1) is 6.60. The molecular weight excluding hydrogens is 172 g/mol. The molecule has 0 N–H and O–H groups in total. The van der Waals surface area contributed by atoms with E-state index in [9.17, 15) is 4.79 Å². The van der Waals surface area contributed by atoms with Gasteiger partial charge in [-0.05, 0) is 40.0 Å². The van der Waals surface area contributed by atoms with E-state index in [1.54, 1.807) is 0 Å². The Labute approximate surface area is 87.9 Å². The highest BCUT2D eigenvalue weighted by Gasteiger charge is 2.24. The van der Waals surface area contributed by atoms with E-state index in [4.69, 9.17) is 0 Å². The highest BCUT2D eigenvalue weighted by Crippen LogP contribution is 2.29. The molecule has 0 amide bonds.